The molecule has 0 spiro atoms. The third kappa shape index (κ3) is 1.83. The van der Waals surface area contributed by atoms with Crippen molar-refractivity contribution in [2.45, 2.75) is 0 Å². The molecule has 3 N–H and O–H groups in total. The molecular formula is C11H9N3O2. The number of carbonyl (C=O) groups excluding carboxylic acids is 1. The van der Waals surface area contributed by atoms with E-state index in [9.17, 15) is 9.59 Å². The highest BCUT2D eigenvalue weighted by Crippen LogP contribution is 2.13. The van der Waals surface area contributed by atoms with Crippen molar-refractivity contribution < 1.29 is 4.79 Å². The van der Waals surface area contributed by atoms with Gasteiger partial charge in [-0.15, -0.1) is 0 Å². The van der Waals surface area contributed by atoms with Gasteiger partial charge in [0.25, 0.3) is 11.5 Å². The fourth-order valence-corrected chi connectivity index (χ4v) is 1.33. The largest absolute Gasteiger partial charge is 0.364 e. The smallest absolute Gasteiger partial charge is 0.279 e. The number of hydrogen-bond acceptors (Lipinski definition) is 3. The van der Waals surface area contributed by atoms with Gasteiger partial charge in [-0.3, -0.25) is 9.59 Å². The Morgan fingerprint density at radius 1 is 1.25 bits per heavy atom. The minimum atomic E-state index is -0.834. The summed E-state index contributed by atoms with van der Waals surface area (Å²) in [5, 5.41) is 0. The molecule has 0 radical (unpaired) electrons. The number of H-pyrrole nitrogens is 1. The Bertz CT molecular complexity index is 575. The predicted octanol–water partition coefficient (Wildman–Crippen LogP) is 0.536. The number of nitrogens with zero attached hydrogens (tertiary/aromatic N) is 1. The topological polar surface area (TPSA) is 88.8 Å². The Kier molecular flexibility index (Phi) is 2.51. The van der Waals surface area contributed by atoms with Gasteiger partial charge >= 0.3 is 0 Å². The first-order chi connectivity index (χ1) is 7.68. The lowest BCUT2D eigenvalue weighted by Crippen LogP contribution is -2.25. The van der Waals surface area contributed by atoms with Crippen molar-refractivity contribution >= 4 is 5.91 Å². The zero-order valence-corrected chi connectivity index (χ0v) is 8.31. The number of benzene rings is 1. The monoisotopic (exact) mass is 215 g/mol. The lowest BCUT2D eigenvalue weighted by molar-refractivity contribution is 0.0994. The van der Waals surface area contributed by atoms with Crippen LogP contribution in [0.3, 0.4) is 0 Å². The lowest BCUT2D eigenvalue weighted by atomic mass is 10.1. The van der Waals surface area contributed by atoms with Crippen molar-refractivity contribution in [1.82, 2.24) is 9.97 Å². The molecule has 0 unspecified atom stereocenters. The van der Waals surface area contributed by atoms with E-state index >= 15 is 0 Å². The summed E-state index contributed by atoms with van der Waals surface area (Å²) in [5.74, 6) is -0.834. The van der Waals surface area contributed by atoms with E-state index in [1.807, 2.05) is 30.3 Å². The van der Waals surface area contributed by atoms with Gasteiger partial charge < -0.3 is 10.7 Å². The van der Waals surface area contributed by atoms with Crippen molar-refractivity contribution in [3.05, 3.63) is 52.6 Å². The standard InChI is InChI=1S/C11H9N3O2/c12-10(15)9-11(16)13-6-8(14-9)7-4-2-1-3-5-7/h1-6H,(H2,12,15)(H,13,16). The van der Waals surface area contributed by atoms with Gasteiger partial charge in [-0.25, -0.2) is 4.98 Å². The van der Waals surface area contributed by atoms with E-state index in [1.165, 1.54) is 6.20 Å². The zero-order chi connectivity index (χ0) is 11.5. The van der Waals surface area contributed by atoms with Gasteiger partial charge in [-0.2, -0.15) is 0 Å². The SMILES string of the molecule is NC(=O)c1nc(-c2ccccc2)c[nH]c1=O. The van der Waals surface area contributed by atoms with Crippen molar-refractivity contribution in [3.63, 3.8) is 0 Å². The van der Waals surface area contributed by atoms with Gasteiger partial charge in [0.15, 0.2) is 5.69 Å². The second-order valence-corrected chi connectivity index (χ2v) is 3.19. The van der Waals surface area contributed by atoms with Crippen molar-refractivity contribution in [2.24, 2.45) is 5.73 Å². The Hall–Kier alpha value is -2.43. The second kappa shape index (κ2) is 3.98. The molecule has 5 nitrogen and oxygen atoms in total. The van der Waals surface area contributed by atoms with E-state index in [2.05, 4.69) is 9.97 Å². The van der Waals surface area contributed by atoms with Gasteiger partial charge in [-0.05, 0) is 0 Å². The number of nitrogens with one attached hydrogen (secondary N) is 1. The number of amides is 1. The van der Waals surface area contributed by atoms with Crippen molar-refractivity contribution in [3.8, 4) is 11.3 Å². The van der Waals surface area contributed by atoms with Gasteiger partial charge in [-0.1, -0.05) is 30.3 Å². The fourth-order valence-electron chi connectivity index (χ4n) is 1.33. The van der Waals surface area contributed by atoms with Gasteiger partial charge in [0.1, 0.15) is 0 Å². The van der Waals surface area contributed by atoms with Crippen LogP contribution in [-0.2, 0) is 0 Å². The maximum absolute atomic E-state index is 11.2. The Morgan fingerprint density at radius 2 is 1.94 bits per heavy atom. The molecule has 0 saturated carbocycles. The quantitative estimate of drug-likeness (QED) is 0.766. The van der Waals surface area contributed by atoms with E-state index in [0.717, 1.165) is 5.56 Å². The number of rotatable bonds is 2. The number of primary amides is 1. The third-order valence-electron chi connectivity index (χ3n) is 2.09. The summed E-state index contributed by atoms with van der Waals surface area (Å²) >= 11 is 0. The first-order valence-corrected chi connectivity index (χ1v) is 4.63. The zero-order valence-electron chi connectivity index (χ0n) is 8.31. The number of aromatic nitrogens is 2. The molecule has 0 aliphatic carbocycles. The van der Waals surface area contributed by atoms with Gasteiger partial charge in [0.2, 0.25) is 0 Å². The fraction of sp³-hybridized carbons (Fsp3) is 0. The van der Waals surface area contributed by atoms with E-state index in [4.69, 9.17) is 5.73 Å². The summed E-state index contributed by atoms with van der Waals surface area (Å²) in [6.45, 7) is 0. The van der Waals surface area contributed by atoms with Gasteiger partial charge in [0, 0.05) is 11.8 Å². The molecule has 80 valence electrons. The molecule has 0 aliphatic heterocycles. The van der Waals surface area contributed by atoms with Crippen LogP contribution < -0.4 is 11.3 Å². The molecule has 1 aromatic carbocycles. The summed E-state index contributed by atoms with van der Waals surface area (Å²) in [5.41, 5.74) is 5.50. The van der Waals surface area contributed by atoms with Crippen LogP contribution in [0, 0.1) is 0 Å². The molecule has 1 aromatic heterocycles. The van der Waals surface area contributed by atoms with Crippen LogP contribution >= 0.6 is 0 Å². The maximum Gasteiger partial charge on any atom is 0.279 e. The van der Waals surface area contributed by atoms with Crippen LogP contribution in [0.25, 0.3) is 11.3 Å². The third-order valence-corrected chi connectivity index (χ3v) is 2.09. The highest BCUT2D eigenvalue weighted by atomic mass is 16.2. The Morgan fingerprint density at radius 3 is 2.56 bits per heavy atom. The van der Waals surface area contributed by atoms with E-state index in [1.54, 1.807) is 0 Å². The van der Waals surface area contributed by atoms with Crippen molar-refractivity contribution in [1.29, 1.82) is 0 Å². The lowest BCUT2D eigenvalue weighted by Gasteiger charge is -2.01. The number of aromatic amines is 1. The van der Waals surface area contributed by atoms with Crippen LogP contribution in [-0.4, -0.2) is 15.9 Å². The summed E-state index contributed by atoms with van der Waals surface area (Å²) in [6.07, 6.45) is 1.45. The molecule has 0 bridgehead atoms. The molecule has 0 aliphatic rings. The highest BCUT2D eigenvalue weighted by molar-refractivity contribution is 5.90. The van der Waals surface area contributed by atoms with Crippen LogP contribution in [0.4, 0.5) is 0 Å². The van der Waals surface area contributed by atoms with Gasteiger partial charge in [0.05, 0.1) is 5.69 Å². The molecule has 0 atom stereocenters. The van der Waals surface area contributed by atoms with Crippen LogP contribution in [0.15, 0.2) is 41.3 Å². The first kappa shape index (κ1) is 10.1. The Labute approximate surface area is 91.0 Å². The number of nitrogens with two attached hydrogens (primary N) is 1. The first-order valence-electron chi connectivity index (χ1n) is 4.63. The molecule has 0 fully saturated rings. The van der Waals surface area contributed by atoms with Crippen LogP contribution in [0.5, 0.6) is 0 Å². The summed E-state index contributed by atoms with van der Waals surface area (Å²) in [4.78, 5) is 28.5. The summed E-state index contributed by atoms with van der Waals surface area (Å²) < 4.78 is 0. The molecule has 16 heavy (non-hydrogen) atoms. The molecule has 2 aromatic rings. The number of hydrogen-bond donors (Lipinski definition) is 2. The average molecular weight is 215 g/mol. The molecule has 5 heteroatoms. The average Bonchev–Trinajstić information content (AvgIpc) is 2.30. The van der Waals surface area contributed by atoms with E-state index < -0.39 is 11.5 Å². The molecular weight excluding hydrogens is 206 g/mol. The predicted molar refractivity (Wildman–Crippen MR) is 58.8 cm³/mol. The summed E-state index contributed by atoms with van der Waals surface area (Å²) in [6, 6.07) is 9.19. The minimum Gasteiger partial charge on any atom is -0.364 e. The molecule has 1 heterocycles. The van der Waals surface area contributed by atoms with E-state index in [-0.39, 0.29) is 5.69 Å². The molecule has 1 amide bonds. The van der Waals surface area contributed by atoms with E-state index in [0.29, 0.717) is 5.69 Å². The van der Waals surface area contributed by atoms with Crippen LogP contribution in [0.2, 0.25) is 0 Å². The second-order valence-electron chi connectivity index (χ2n) is 3.19. The molecule has 0 saturated heterocycles. The van der Waals surface area contributed by atoms with Crippen LogP contribution in [0.1, 0.15) is 10.5 Å². The number of carbonyl (C=O) groups is 1. The maximum atomic E-state index is 11.2. The Balaban J connectivity index is 2.57. The summed E-state index contributed by atoms with van der Waals surface area (Å²) in [7, 11) is 0. The highest BCUT2D eigenvalue weighted by Gasteiger charge is 2.09. The normalized spacial score (nSPS) is 10.0. The molecule has 2 rings (SSSR count). The minimum absolute atomic E-state index is 0.277. The van der Waals surface area contributed by atoms with Crippen molar-refractivity contribution in [2.75, 3.05) is 0 Å².